The van der Waals surface area contributed by atoms with E-state index in [-0.39, 0.29) is 4.90 Å². The van der Waals surface area contributed by atoms with Gasteiger partial charge in [-0.1, -0.05) is 30.3 Å². The molecule has 0 radical (unpaired) electrons. The summed E-state index contributed by atoms with van der Waals surface area (Å²) in [6.07, 6.45) is 0. The van der Waals surface area contributed by atoms with E-state index in [1.54, 1.807) is 30.3 Å². The van der Waals surface area contributed by atoms with Crippen molar-refractivity contribution in [2.45, 2.75) is 10.1 Å². The zero-order chi connectivity index (χ0) is 13.8. The van der Waals surface area contributed by atoms with Gasteiger partial charge in [-0.3, -0.25) is 4.79 Å². The van der Waals surface area contributed by atoms with Gasteiger partial charge >= 0.3 is 5.97 Å². The molecule has 2 nitrogen and oxygen atoms in total. The second-order valence-electron chi connectivity index (χ2n) is 3.82. The van der Waals surface area contributed by atoms with Crippen LogP contribution in [0.3, 0.4) is 0 Å². The van der Waals surface area contributed by atoms with E-state index in [0.717, 1.165) is 23.9 Å². The lowest BCUT2D eigenvalue weighted by Crippen LogP contribution is -2.08. The molecule has 1 atom stereocenters. The van der Waals surface area contributed by atoms with Crippen molar-refractivity contribution in [3.05, 3.63) is 65.7 Å². The third-order valence-electron chi connectivity index (χ3n) is 2.47. The number of carboxylic acids is 1. The number of halogens is 2. The molecule has 2 aromatic rings. The standard InChI is InChI=1S/C14H10F2O2S/c15-10-6-7-12(11(16)8-10)19-13(14(17)18)9-4-2-1-3-5-9/h1-8,13H,(H,17,18). The van der Waals surface area contributed by atoms with Gasteiger partial charge in [0.25, 0.3) is 0 Å². The molecule has 2 rings (SSSR count). The average molecular weight is 280 g/mol. The zero-order valence-corrected chi connectivity index (χ0v) is 10.5. The summed E-state index contributed by atoms with van der Waals surface area (Å²) < 4.78 is 26.3. The Morgan fingerprint density at radius 3 is 2.37 bits per heavy atom. The van der Waals surface area contributed by atoms with Gasteiger partial charge in [0.2, 0.25) is 0 Å². The van der Waals surface area contributed by atoms with Crippen molar-refractivity contribution >= 4 is 17.7 Å². The van der Waals surface area contributed by atoms with Crippen LogP contribution < -0.4 is 0 Å². The summed E-state index contributed by atoms with van der Waals surface area (Å²) in [5.41, 5.74) is 0.559. The maximum Gasteiger partial charge on any atom is 0.321 e. The molecule has 98 valence electrons. The maximum absolute atomic E-state index is 13.5. The van der Waals surface area contributed by atoms with Gasteiger partial charge in [-0.2, -0.15) is 0 Å². The van der Waals surface area contributed by atoms with Gasteiger partial charge in [0, 0.05) is 11.0 Å². The molecule has 0 heterocycles. The number of hydrogen-bond acceptors (Lipinski definition) is 2. The van der Waals surface area contributed by atoms with Gasteiger partial charge in [0.15, 0.2) is 0 Å². The number of rotatable bonds is 4. The second-order valence-corrected chi connectivity index (χ2v) is 4.97. The van der Waals surface area contributed by atoms with E-state index in [0.29, 0.717) is 5.56 Å². The number of aliphatic carboxylic acids is 1. The summed E-state index contributed by atoms with van der Waals surface area (Å²) in [6.45, 7) is 0. The van der Waals surface area contributed by atoms with Crippen LogP contribution in [0.5, 0.6) is 0 Å². The summed E-state index contributed by atoms with van der Waals surface area (Å²) in [5, 5.41) is 8.29. The van der Waals surface area contributed by atoms with E-state index < -0.39 is 22.9 Å². The van der Waals surface area contributed by atoms with Crippen molar-refractivity contribution < 1.29 is 18.7 Å². The van der Waals surface area contributed by atoms with Crippen LogP contribution in [0, 0.1) is 11.6 Å². The molecule has 1 unspecified atom stereocenters. The van der Waals surface area contributed by atoms with Crippen molar-refractivity contribution in [3.8, 4) is 0 Å². The first kappa shape index (κ1) is 13.5. The lowest BCUT2D eigenvalue weighted by atomic mass is 10.1. The molecule has 1 N–H and O–H groups in total. The van der Waals surface area contributed by atoms with Gasteiger partial charge in [-0.05, 0) is 17.7 Å². The summed E-state index contributed by atoms with van der Waals surface area (Å²) in [5.74, 6) is -2.51. The molecule has 0 bridgehead atoms. The van der Waals surface area contributed by atoms with Gasteiger partial charge in [0.05, 0.1) is 0 Å². The molecule has 0 amide bonds. The van der Waals surface area contributed by atoms with E-state index in [9.17, 15) is 18.7 Å². The third kappa shape index (κ3) is 3.32. The van der Waals surface area contributed by atoms with Gasteiger partial charge in [0.1, 0.15) is 16.9 Å². The van der Waals surface area contributed by atoms with E-state index in [4.69, 9.17) is 0 Å². The summed E-state index contributed by atoms with van der Waals surface area (Å²) in [6, 6.07) is 11.6. The molecular weight excluding hydrogens is 270 g/mol. The Morgan fingerprint density at radius 1 is 1.11 bits per heavy atom. The molecule has 0 saturated heterocycles. The highest BCUT2D eigenvalue weighted by Crippen LogP contribution is 2.36. The maximum atomic E-state index is 13.5. The minimum absolute atomic E-state index is 0.109. The molecule has 0 aliphatic carbocycles. The predicted octanol–water partition coefficient (Wildman–Crippen LogP) is 3.88. The van der Waals surface area contributed by atoms with Crippen LogP contribution in [-0.4, -0.2) is 11.1 Å². The Kier molecular flexibility index (Phi) is 4.16. The second kappa shape index (κ2) is 5.84. The summed E-state index contributed by atoms with van der Waals surface area (Å²) in [4.78, 5) is 11.4. The van der Waals surface area contributed by atoms with Crippen LogP contribution in [0.1, 0.15) is 10.8 Å². The van der Waals surface area contributed by atoms with Crippen LogP contribution in [0.2, 0.25) is 0 Å². The lowest BCUT2D eigenvalue weighted by Gasteiger charge is -2.12. The van der Waals surface area contributed by atoms with E-state index in [1.165, 1.54) is 6.07 Å². The van der Waals surface area contributed by atoms with Gasteiger partial charge < -0.3 is 5.11 Å². The van der Waals surface area contributed by atoms with E-state index >= 15 is 0 Å². The topological polar surface area (TPSA) is 37.3 Å². The molecule has 0 aliphatic heterocycles. The molecule has 5 heteroatoms. The van der Waals surface area contributed by atoms with Crippen molar-refractivity contribution in [2.24, 2.45) is 0 Å². The van der Waals surface area contributed by atoms with E-state index in [2.05, 4.69) is 0 Å². The molecule has 0 aliphatic rings. The number of hydrogen-bond donors (Lipinski definition) is 1. The molecular formula is C14H10F2O2S. The summed E-state index contributed by atoms with van der Waals surface area (Å²) >= 11 is 0.844. The number of benzene rings is 2. The Labute approximate surface area is 113 Å². The SMILES string of the molecule is O=C(O)C(Sc1ccc(F)cc1F)c1ccccc1. The minimum atomic E-state index is -1.07. The van der Waals surface area contributed by atoms with E-state index in [1.807, 2.05) is 0 Å². The van der Waals surface area contributed by atoms with Crippen molar-refractivity contribution in [1.82, 2.24) is 0 Å². The van der Waals surface area contributed by atoms with Crippen LogP contribution >= 0.6 is 11.8 Å². The molecule has 0 aromatic heterocycles. The third-order valence-corrected chi connectivity index (χ3v) is 3.76. The van der Waals surface area contributed by atoms with Crippen LogP contribution in [0.25, 0.3) is 0 Å². The number of carbonyl (C=O) groups is 1. The van der Waals surface area contributed by atoms with Crippen LogP contribution in [0.15, 0.2) is 53.4 Å². The van der Waals surface area contributed by atoms with Crippen molar-refractivity contribution in [1.29, 1.82) is 0 Å². The minimum Gasteiger partial charge on any atom is -0.480 e. The molecule has 0 fully saturated rings. The average Bonchev–Trinajstić information content (AvgIpc) is 2.38. The first-order chi connectivity index (χ1) is 9.08. The highest BCUT2D eigenvalue weighted by atomic mass is 32.2. The van der Waals surface area contributed by atoms with Crippen LogP contribution in [0.4, 0.5) is 8.78 Å². The molecule has 0 saturated carbocycles. The largest absolute Gasteiger partial charge is 0.480 e. The molecule has 19 heavy (non-hydrogen) atoms. The van der Waals surface area contributed by atoms with Gasteiger partial charge in [-0.15, -0.1) is 11.8 Å². The Bertz CT molecular complexity index is 587. The zero-order valence-electron chi connectivity index (χ0n) is 9.72. The lowest BCUT2D eigenvalue weighted by molar-refractivity contribution is -0.136. The van der Waals surface area contributed by atoms with Gasteiger partial charge in [-0.25, -0.2) is 8.78 Å². The van der Waals surface area contributed by atoms with Crippen molar-refractivity contribution in [2.75, 3.05) is 0 Å². The van der Waals surface area contributed by atoms with Crippen LogP contribution in [-0.2, 0) is 4.79 Å². The quantitative estimate of drug-likeness (QED) is 0.863. The monoisotopic (exact) mass is 280 g/mol. The normalized spacial score (nSPS) is 12.1. The fraction of sp³-hybridized carbons (Fsp3) is 0.0714. The Balaban J connectivity index is 2.29. The predicted molar refractivity (Wildman–Crippen MR) is 69.0 cm³/mol. The Hall–Kier alpha value is -1.88. The Morgan fingerprint density at radius 2 is 1.79 bits per heavy atom. The first-order valence-corrected chi connectivity index (χ1v) is 6.35. The first-order valence-electron chi connectivity index (χ1n) is 5.47. The highest BCUT2D eigenvalue weighted by molar-refractivity contribution is 8.00. The fourth-order valence-electron chi connectivity index (χ4n) is 1.59. The number of carboxylic acid groups (broad SMARTS) is 1. The smallest absolute Gasteiger partial charge is 0.321 e. The summed E-state index contributed by atoms with van der Waals surface area (Å²) in [7, 11) is 0. The highest BCUT2D eigenvalue weighted by Gasteiger charge is 2.22. The molecule has 0 spiro atoms. The number of thioether (sulfide) groups is 1. The molecule has 2 aromatic carbocycles. The van der Waals surface area contributed by atoms with Crippen molar-refractivity contribution in [3.63, 3.8) is 0 Å². The fourth-order valence-corrected chi connectivity index (χ4v) is 2.55.